The molecule has 25 heavy (non-hydrogen) atoms. The molecule has 0 aliphatic carbocycles. The average molecular weight is 355 g/mol. The number of hydrogen-bond acceptors (Lipinski definition) is 2. The van der Waals surface area contributed by atoms with Gasteiger partial charge in [-0.2, -0.15) is 0 Å². The third-order valence-corrected chi connectivity index (χ3v) is 4.00. The fraction of sp³-hybridized carbons (Fsp3) is 0.100. The quantitative estimate of drug-likeness (QED) is 0.724. The van der Waals surface area contributed by atoms with E-state index in [9.17, 15) is 9.18 Å². The van der Waals surface area contributed by atoms with Crippen molar-refractivity contribution in [2.24, 2.45) is 0 Å². The molecule has 126 valence electrons. The number of carbonyl (C=O) groups is 1. The third kappa shape index (κ3) is 4.88. The van der Waals surface area contributed by atoms with Gasteiger partial charge in [0, 0.05) is 23.1 Å². The molecule has 0 fully saturated rings. The molecule has 1 amide bonds. The molecule has 3 rings (SSSR count). The van der Waals surface area contributed by atoms with Gasteiger partial charge in [-0.05, 0) is 59.5 Å². The number of anilines is 1. The molecule has 1 heterocycles. The van der Waals surface area contributed by atoms with Crippen LogP contribution in [0.4, 0.5) is 10.1 Å². The lowest BCUT2D eigenvalue weighted by molar-refractivity contribution is -0.115. The Morgan fingerprint density at radius 1 is 1.00 bits per heavy atom. The maximum Gasteiger partial charge on any atom is 0.228 e. The van der Waals surface area contributed by atoms with Gasteiger partial charge in [0.05, 0.1) is 6.42 Å². The molecule has 0 saturated heterocycles. The molecule has 5 heteroatoms. The maximum atomic E-state index is 13.7. The SMILES string of the molecule is O=C(Cc1ccc(Cl)cc1F)Nc1ccc(Cc2ccncc2)cc1. The van der Waals surface area contributed by atoms with E-state index in [1.165, 1.54) is 17.7 Å². The van der Waals surface area contributed by atoms with Gasteiger partial charge in [-0.25, -0.2) is 4.39 Å². The first kappa shape index (κ1) is 17.1. The highest BCUT2D eigenvalue weighted by Gasteiger charge is 2.09. The molecule has 0 unspecified atom stereocenters. The fourth-order valence-electron chi connectivity index (χ4n) is 2.49. The van der Waals surface area contributed by atoms with Crippen molar-refractivity contribution in [3.8, 4) is 0 Å². The summed E-state index contributed by atoms with van der Waals surface area (Å²) < 4.78 is 13.7. The number of hydrogen-bond donors (Lipinski definition) is 1. The molecule has 0 spiro atoms. The Labute approximate surface area is 150 Å². The highest BCUT2D eigenvalue weighted by Crippen LogP contribution is 2.17. The highest BCUT2D eigenvalue weighted by molar-refractivity contribution is 6.30. The van der Waals surface area contributed by atoms with E-state index in [1.54, 1.807) is 18.5 Å². The van der Waals surface area contributed by atoms with Crippen molar-refractivity contribution in [2.75, 3.05) is 5.32 Å². The van der Waals surface area contributed by atoms with Crippen molar-refractivity contribution in [3.05, 3.63) is 94.5 Å². The smallest absolute Gasteiger partial charge is 0.228 e. The van der Waals surface area contributed by atoms with Crippen LogP contribution in [0.25, 0.3) is 0 Å². The topological polar surface area (TPSA) is 42.0 Å². The van der Waals surface area contributed by atoms with Gasteiger partial charge in [0.15, 0.2) is 0 Å². The molecule has 0 radical (unpaired) electrons. The Morgan fingerprint density at radius 2 is 1.68 bits per heavy atom. The van der Waals surface area contributed by atoms with Crippen LogP contribution in [0.2, 0.25) is 5.02 Å². The van der Waals surface area contributed by atoms with Crippen molar-refractivity contribution in [3.63, 3.8) is 0 Å². The van der Waals surface area contributed by atoms with E-state index in [0.29, 0.717) is 16.3 Å². The van der Waals surface area contributed by atoms with E-state index >= 15 is 0 Å². The molecular formula is C20H16ClFN2O. The minimum absolute atomic E-state index is 0.0399. The van der Waals surface area contributed by atoms with Gasteiger partial charge in [0.1, 0.15) is 5.82 Å². The summed E-state index contributed by atoms with van der Waals surface area (Å²) in [5, 5.41) is 3.09. The van der Waals surface area contributed by atoms with Crippen molar-refractivity contribution >= 4 is 23.2 Å². The number of carbonyl (C=O) groups excluding carboxylic acids is 1. The Hall–Kier alpha value is -2.72. The Morgan fingerprint density at radius 3 is 2.36 bits per heavy atom. The Kier molecular flexibility index (Phi) is 5.41. The van der Waals surface area contributed by atoms with Crippen LogP contribution in [0, 0.1) is 5.82 Å². The molecule has 3 nitrogen and oxygen atoms in total. The summed E-state index contributed by atoms with van der Waals surface area (Å²) in [4.78, 5) is 16.1. The molecular weight excluding hydrogens is 339 g/mol. The molecule has 3 aromatic rings. The molecule has 0 bridgehead atoms. The first-order valence-electron chi connectivity index (χ1n) is 7.82. The van der Waals surface area contributed by atoms with Crippen LogP contribution in [-0.4, -0.2) is 10.9 Å². The van der Waals surface area contributed by atoms with E-state index in [4.69, 9.17) is 11.6 Å². The standard InChI is InChI=1S/C20H16ClFN2O/c21-17-4-3-16(19(22)13-17)12-20(25)24-18-5-1-14(2-6-18)11-15-7-9-23-10-8-15/h1-10,13H,11-12H2,(H,24,25). The van der Waals surface area contributed by atoms with Crippen LogP contribution in [0.3, 0.4) is 0 Å². The molecule has 0 saturated carbocycles. The highest BCUT2D eigenvalue weighted by atomic mass is 35.5. The average Bonchev–Trinajstić information content (AvgIpc) is 2.60. The second-order valence-corrected chi connectivity index (χ2v) is 6.13. The summed E-state index contributed by atoms with van der Waals surface area (Å²) in [6.07, 6.45) is 4.29. The summed E-state index contributed by atoms with van der Waals surface area (Å²) in [6, 6.07) is 15.8. The van der Waals surface area contributed by atoms with Crippen molar-refractivity contribution < 1.29 is 9.18 Å². The lowest BCUT2D eigenvalue weighted by Crippen LogP contribution is -2.15. The zero-order chi connectivity index (χ0) is 17.6. The van der Waals surface area contributed by atoms with Crippen LogP contribution < -0.4 is 5.32 Å². The van der Waals surface area contributed by atoms with Crippen LogP contribution in [0.5, 0.6) is 0 Å². The predicted molar refractivity (Wildman–Crippen MR) is 97.2 cm³/mol. The zero-order valence-corrected chi connectivity index (χ0v) is 14.1. The summed E-state index contributed by atoms with van der Waals surface area (Å²) in [7, 11) is 0. The third-order valence-electron chi connectivity index (χ3n) is 3.76. The number of pyridine rings is 1. The zero-order valence-electron chi connectivity index (χ0n) is 13.4. The van der Waals surface area contributed by atoms with E-state index in [2.05, 4.69) is 10.3 Å². The van der Waals surface area contributed by atoms with Gasteiger partial charge in [0.25, 0.3) is 0 Å². The number of aromatic nitrogens is 1. The van der Waals surface area contributed by atoms with E-state index < -0.39 is 5.82 Å². The second kappa shape index (κ2) is 7.90. The van der Waals surface area contributed by atoms with Crippen molar-refractivity contribution in [2.45, 2.75) is 12.8 Å². The lowest BCUT2D eigenvalue weighted by atomic mass is 10.1. The molecule has 0 aliphatic rings. The van der Waals surface area contributed by atoms with E-state index in [-0.39, 0.29) is 12.3 Å². The van der Waals surface area contributed by atoms with Gasteiger partial charge in [-0.15, -0.1) is 0 Å². The van der Waals surface area contributed by atoms with Gasteiger partial charge >= 0.3 is 0 Å². The summed E-state index contributed by atoms with van der Waals surface area (Å²) >= 11 is 5.71. The predicted octanol–water partition coefficient (Wildman–Crippen LogP) is 4.65. The van der Waals surface area contributed by atoms with Crippen LogP contribution in [0.15, 0.2) is 67.0 Å². The number of halogens is 2. The van der Waals surface area contributed by atoms with Crippen molar-refractivity contribution in [1.29, 1.82) is 0 Å². The van der Waals surface area contributed by atoms with E-state index in [0.717, 1.165) is 12.0 Å². The molecule has 2 aromatic carbocycles. The first-order valence-corrected chi connectivity index (χ1v) is 8.19. The monoisotopic (exact) mass is 354 g/mol. The number of amides is 1. The van der Waals surface area contributed by atoms with Crippen LogP contribution in [0.1, 0.15) is 16.7 Å². The van der Waals surface area contributed by atoms with Gasteiger partial charge in [-0.1, -0.05) is 29.8 Å². The molecule has 0 aliphatic heterocycles. The van der Waals surface area contributed by atoms with Gasteiger partial charge < -0.3 is 5.32 Å². The number of rotatable bonds is 5. The summed E-state index contributed by atoms with van der Waals surface area (Å²) in [5.41, 5.74) is 3.30. The maximum absolute atomic E-state index is 13.7. The van der Waals surface area contributed by atoms with Crippen LogP contribution >= 0.6 is 11.6 Å². The molecule has 1 aromatic heterocycles. The lowest BCUT2D eigenvalue weighted by Gasteiger charge is -2.08. The second-order valence-electron chi connectivity index (χ2n) is 5.69. The van der Waals surface area contributed by atoms with Crippen LogP contribution in [-0.2, 0) is 17.6 Å². The fourth-order valence-corrected chi connectivity index (χ4v) is 2.64. The van der Waals surface area contributed by atoms with Gasteiger partial charge in [-0.3, -0.25) is 9.78 Å². The van der Waals surface area contributed by atoms with Gasteiger partial charge in [0.2, 0.25) is 5.91 Å². The number of nitrogens with zero attached hydrogens (tertiary/aromatic N) is 1. The Balaban J connectivity index is 1.60. The largest absolute Gasteiger partial charge is 0.326 e. The normalized spacial score (nSPS) is 10.5. The van der Waals surface area contributed by atoms with E-state index in [1.807, 2.05) is 36.4 Å². The molecule has 0 atom stereocenters. The van der Waals surface area contributed by atoms with Crippen molar-refractivity contribution in [1.82, 2.24) is 4.98 Å². The minimum Gasteiger partial charge on any atom is -0.326 e. The summed E-state index contributed by atoms with van der Waals surface area (Å²) in [5.74, 6) is -0.751. The number of nitrogens with one attached hydrogen (secondary N) is 1. The molecule has 1 N–H and O–H groups in total. The first-order chi connectivity index (χ1) is 12.1. The minimum atomic E-state index is -0.477. The number of benzene rings is 2. The summed E-state index contributed by atoms with van der Waals surface area (Å²) in [6.45, 7) is 0. The Bertz CT molecular complexity index is 867.